The second-order valence-electron chi connectivity index (χ2n) is 10.4. The number of carbonyl (C=O) groups excluding carboxylic acids is 4. The highest BCUT2D eigenvalue weighted by Gasteiger charge is 2.48. The van der Waals surface area contributed by atoms with Gasteiger partial charge in [0.2, 0.25) is 0 Å². The van der Waals surface area contributed by atoms with E-state index in [1.165, 1.54) is 32.0 Å². The van der Waals surface area contributed by atoms with Gasteiger partial charge in [-0.3, -0.25) is 30.0 Å². The average Bonchev–Trinajstić information content (AvgIpc) is 3.57. The number of hydroxylamine groups is 2. The molecule has 0 aromatic heterocycles. The van der Waals surface area contributed by atoms with Crippen LogP contribution in [0.5, 0.6) is 11.5 Å². The molecule has 2 heterocycles. The van der Waals surface area contributed by atoms with E-state index in [4.69, 9.17) is 25.9 Å². The molecule has 2 aliphatic rings. The number of benzene rings is 4. The molecule has 0 bridgehead atoms. The number of amides is 4. The van der Waals surface area contributed by atoms with Crippen molar-refractivity contribution in [1.29, 1.82) is 0 Å². The first-order valence-electron chi connectivity index (χ1n) is 13.3. The van der Waals surface area contributed by atoms with E-state index < -0.39 is 35.0 Å². The smallest absolute Gasteiger partial charge is 0.305 e. The zero-order chi connectivity index (χ0) is 31.2. The van der Waals surface area contributed by atoms with Crippen LogP contribution in [0.1, 0.15) is 56.0 Å². The molecule has 12 heteroatoms. The maximum absolute atomic E-state index is 13.3. The lowest BCUT2D eigenvalue weighted by atomic mass is 9.97. The average molecular weight is 677 g/mol. The summed E-state index contributed by atoms with van der Waals surface area (Å²) in [7, 11) is 0. The molecule has 0 saturated heterocycles. The summed E-state index contributed by atoms with van der Waals surface area (Å²) in [5.41, 5.74) is 4.52. The van der Waals surface area contributed by atoms with E-state index in [1.807, 2.05) is 60.7 Å². The fourth-order valence-corrected chi connectivity index (χ4v) is 5.57. The second kappa shape index (κ2) is 11.1. The third-order valence-electron chi connectivity index (χ3n) is 7.09. The Bertz CT molecular complexity index is 1760. The lowest BCUT2D eigenvalue weighted by molar-refractivity contribution is -0.185. The van der Waals surface area contributed by atoms with E-state index in [9.17, 15) is 19.2 Å². The van der Waals surface area contributed by atoms with Gasteiger partial charge in [0.1, 0.15) is 0 Å². The summed E-state index contributed by atoms with van der Waals surface area (Å²) in [6, 6.07) is 26.2. The molecule has 4 aromatic rings. The zero-order valence-corrected chi connectivity index (χ0v) is 25.6. The highest BCUT2D eigenvalue weighted by atomic mass is 79.9. The number of hydrazine groups is 1. The zero-order valence-electron chi connectivity index (χ0n) is 23.2. The van der Waals surface area contributed by atoms with E-state index in [-0.39, 0.29) is 27.5 Å². The number of carbonyl (C=O) groups is 4. The summed E-state index contributed by atoms with van der Waals surface area (Å²) in [6.07, 6.45) is 0. The Morgan fingerprint density at radius 1 is 0.818 bits per heavy atom. The molecular weight excluding hydrogens is 654 g/mol. The molecule has 0 aliphatic carbocycles. The van der Waals surface area contributed by atoms with Crippen LogP contribution in [0.3, 0.4) is 0 Å². The van der Waals surface area contributed by atoms with Crippen LogP contribution in [0.2, 0.25) is 5.02 Å². The van der Waals surface area contributed by atoms with Gasteiger partial charge in [-0.15, -0.1) is 5.06 Å². The molecular formula is C32H23BrClN3O7. The molecule has 6 rings (SSSR count). The van der Waals surface area contributed by atoms with Crippen molar-refractivity contribution in [2.45, 2.75) is 25.2 Å². The van der Waals surface area contributed by atoms with Gasteiger partial charge < -0.3 is 9.47 Å². The lowest BCUT2D eigenvalue weighted by Crippen LogP contribution is -2.54. The van der Waals surface area contributed by atoms with Gasteiger partial charge in [0.15, 0.2) is 17.1 Å². The highest BCUT2D eigenvalue weighted by Crippen LogP contribution is 2.54. The molecule has 0 saturated carbocycles. The molecule has 44 heavy (non-hydrogen) atoms. The van der Waals surface area contributed by atoms with Gasteiger partial charge in [-0.2, -0.15) is 0 Å². The summed E-state index contributed by atoms with van der Waals surface area (Å²) in [5.74, 6) is -3.98. The molecule has 0 unspecified atom stereocenters. The molecule has 0 radical (unpaired) electrons. The molecule has 0 spiro atoms. The van der Waals surface area contributed by atoms with Gasteiger partial charge in [0.25, 0.3) is 23.6 Å². The minimum absolute atomic E-state index is 0.0304. The van der Waals surface area contributed by atoms with Gasteiger partial charge in [-0.25, -0.2) is 4.84 Å². The second-order valence-corrected chi connectivity index (χ2v) is 11.6. The monoisotopic (exact) mass is 675 g/mol. The van der Waals surface area contributed by atoms with Crippen LogP contribution in [0.4, 0.5) is 0 Å². The predicted octanol–water partition coefficient (Wildman–Crippen LogP) is 5.54. The topological polar surface area (TPSA) is 123 Å². The van der Waals surface area contributed by atoms with Gasteiger partial charge >= 0.3 is 5.79 Å². The quantitative estimate of drug-likeness (QED) is 0.203. The van der Waals surface area contributed by atoms with Crippen molar-refractivity contribution < 1.29 is 33.5 Å². The number of rotatable bonds is 6. The highest BCUT2D eigenvalue weighted by molar-refractivity contribution is 9.10. The Morgan fingerprint density at radius 3 is 1.86 bits per heavy atom. The fraction of sp³-hybridized carbons (Fsp3) is 0.125. The van der Waals surface area contributed by atoms with Crippen molar-refractivity contribution in [3.05, 3.63) is 128 Å². The van der Waals surface area contributed by atoms with Crippen LogP contribution in [-0.4, -0.2) is 34.3 Å². The standard InChI is InChI=1S/C32H23BrClN3O7/c1-31(2,44-37-28(39)20-15-9-10-16-21(20)29(37)40)30(41)36-35-27(38)22-17-23(33)25-26(24(22)34)43-32(42-25,18-11-5-3-6-12-18)19-13-7-4-8-14-19/h3-17H,1-2H3,(H,35,38)(H,36,41). The Labute approximate surface area is 264 Å². The third-order valence-corrected chi connectivity index (χ3v) is 8.05. The van der Waals surface area contributed by atoms with Gasteiger partial charge in [0.05, 0.1) is 26.2 Å². The summed E-state index contributed by atoms with van der Waals surface area (Å²) in [6.45, 7) is 2.68. The van der Waals surface area contributed by atoms with E-state index in [1.54, 1.807) is 12.1 Å². The maximum atomic E-state index is 13.3. The Kier molecular flexibility index (Phi) is 7.40. The molecule has 2 aliphatic heterocycles. The number of hydrogen-bond acceptors (Lipinski definition) is 7. The van der Waals surface area contributed by atoms with Crippen LogP contribution >= 0.6 is 27.5 Å². The molecule has 2 N–H and O–H groups in total. The molecule has 0 atom stereocenters. The SMILES string of the molecule is CC(C)(ON1C(=O)c2ccccc2C1=O)C(=O)NNC(=O)c1cc(Br)c2c(c1Cl)OC(c1ccccc1)(c1ccccc1)O2. The minimum atomic E-state index is -1.75. The maximum Gasteiger partial charge on any atom is 0.305 e. The third kappa shape index (κ3) is 4.88. The van der Waals surface area contributed by atoms with Crippen molar-refractivity contribution in [2.75, 3.05) is 0 Å². The van der Waals surface area contributed by atoms with Crippen molar-refractivity contribution in [3.8, 4) is 11.5 Å². The summed E-state index contributed by atoms with van der Waals surface area (Å²) < 4.78 is 13.2. The van der Waals surface area contributed by atoms with E-state index in [2.05, 4.69) is 26.8 Å². The Hall–Kier alpha value is -4.71. The minimum Gasteiger partial charge on any atom is -0.439 e. The Morgan fingerprint density at radius 2 is 1.32 bits per heavy atom. The number of hydrogen-bond donors (Lipinski definition) is 2. The van der Waals surface area contributed by atoms with Crippen molar-refractivity contribution >= 4 is 51.2 Å². The number of halogens is 2. The van der Waals surface area contributed by atoms with Crippen LogP contribution in [0.25, 0.3) is 0 Å². The van der Waals surface area contributed by atoms with Crippen molar-refractivity contribution in [3.63, 3.8) is 0 Å². The van der Waals surface area contributed by atoms with E-state index >= 15 is 0 Å². The van der Waals surface area contributed by atoms with Gasteiger partial charge in [-0.1, -0.05) is 84.4 Å². The fourth-order valence-electron chi connectivity index (χ4n) is 4.81. The van der Waals surface area contributed by atoms with E-state index in [0.717, 1.165) is 0 Å². The molecule has 4 aromatic carbocycles. The number of nitrogens with zero attached hydrogens (tertiary/aromatic N) is 1. The molecule has 4 amide bonds. The Balaban J connectivity index is 1.20. The first kappa shape index (κ1) is 29.4. The summed E-state index contributed by atoms with van der Waals surface area (Å²) in [5, 5.41) is 0.481. The summed E-state index contributed by atoms with van der Waals surface area (Å²) in [4.78, 5) is 57.2. The number of nitrogens with one attached hydrogen (secondary N) is 2. The number of ether oxygens (including phenoxy) is 2. The first-order chi connectivity index (χ1) is 21.0. The number of imide groups is 1. The van der Waals surface area contributed by atoms with E-state index in [0.29, 0.717) is 26.4 Å². The number of fused-ring (bicyclic) bond motifs is 2. The van der Waals surface area contributed by atoms with Crippen LogP contribution < -0.4 is 20.3 Å². The van der Waals surface area contributed by atoms with Crippen molar-refractivity contribution in [1.82, 2.24) is 15.9 Å². The summed E-state index contributed by atoms with van der Waals surface area (Å²) >= 11 is 10.2. The molecule has 0 fully saturated rings. The first-order valence-corrected chi connectivity index (χ1v) is 14.5. The predicted molar refractivity (Wildman–Crippen MR) is 162 cm³/mol. The molecule has 10 nitrogen and oxygen atoms in total. The van der Waals surface area contributed by atoms with Crippen LogP contribution in [0, 0.1) is 0 Å². The molecule has 222 valence electrons. The lowest BCUT2D eigenvalue weighted by Gasteiger charge is -2.28. The largest absolute Gasteiger partial charge is 0.439 e. The normalized spacial score (nSPS) is 14.8. The van der Waals surface area contributed by atoms with Crippen molar-refractivity contribution in [2.24, 2.45) is 0 Å². The van der Waals surface area contributed by atoms with Gasteiger partial charge in [0, 0.05) is 11.1 Å². The van der Waals surface area contributed by atoms with Gasteiger partial charge in [-0.05, 0) is 48.0 Å². The van der Waals surface area contributed by atoms with Crippen LogP contribution in [-0.2, 0) is 15.4 Å². The van der Waals surface area contributed by atoms with Crippen LogP contribution in [0.15, 0.2) is 95.5 Å².